The highest BCUT2D eigenvalue weighted by Gasteiger charge is 2.34. The predicted molar refractivity (Wildman–Crippen MR) is 77.7 cm³/mol. The molecule has 3 N–H and O–H groups in total. The Labute approximate surface area is 126 Å². The van der Waals surface area contributed by atoms with Crippen molar-refractivity contribution in [2.24, 2.45) is 11.8 Å². The van der Waals surface area contributed by atoms with Crippen LogP contribution in [0.25, 0.3) is 0 Å². The highest BCUT2D eigenvalue weighted by Crippen LogP contribution is 2.32. The Morgan fingerprint density at radius 2 is 1.81 bits per heavy atom. The van der Waals surface area contributed by atoms with Gasteiger partial charge in [-0.25, -0.2) is 0 Å². The van der Waals surface area contributed by atoms with Gasteiger partial charge in [0.1, 0.15) is 5.78 Å². The monoisotopic (exact) mass is 300 g/mol. The fraction of sp³-hybridized carbons (Fsp3) is 0.938. The fourth-order valence-corrected chi connectivity index (χ4v) is 3.74. The molecule has 0 saturated heterocycles. The second kappa shape index (κ2) is 7.68. The molecule has 122 valence electrons. The van der Waals surface area contributed by atoms with Crippen LogP contribution in [0.4, 0.5) is 0 Å². The maximum Gasteiger partial charge on any atom is 0.138 e. The van der Waals surface area contributed by atoms with E-state index in [0.717, 1.165) is 25.7 Å². The molecule has 0 amide bonds. The maximum atomic E-state index is 12.3. The van der Waals surface area contributed by atoms with Gasteiger partial charge in [-0.2, -0.15) is 0 Å². The molecule has 0 spiro atoms. The summed E-state index contributed by atoms with van der Waals surface area (Å²) in [7, 11) is 1.62. The molecule has 6 atom stereocenters. The van der Waals surface area contributed by atoms with Gasteiger partial charge in [-0.05, 0) is 50.9 Å². The van der Waals surface area contributed by atoms with Crippen molar-refractivity contribution in [3.63, 3.8) is 0 Å². The zero-order valence-corrected chi connectivity index (χ0v) is 12.8. The Morgan fingerprint density at radius 1 is 1.05 bits per heavy atom. The van der Waals surface area contributed by atoms with Crippen molar-refractivity contribution < 1.29 is 24.9 Å². The summed E-state index contributed by atoms with van der Waals surface area (Å²) in [5, 5.41) is 29.2. The highest BCUT2D eigenvalue weighted by atomic mass is 16.5. The summed E-state index contributed by atoms with van der Waals surface area (Å²) in [4.78, 5) is 12.3. The SMILES string of the molecule is COC1CC(CCC(=O)C2CCC(O)CC2O)CCC1O. The standard InChI is InChI=1S/C16H28O5/c1-21-16-8-10(3-7-14(16)19)2-6-13(18)12-5-4-11(17)9-15(12)20/h10-12,14-17,19-20H,2-9H2,1H3. The quantitative estimate of drug-likeness (QED) is 0.706. The van der Waals surface area contributed by atoms with Crippen LogP contribution < -0.4 is 0 Å². The summed E-state index contributed by atoms with van der Waals surface area (Å²) >= 11 is 0. The van der Waals surface area contributed by atoms with Crippen LogP contribution in [-0.4, -0.2) is 52.6 Å². The average molecular weight is 300 g/mol. The van der Waals surface area contributed by atoms with Gasteiger partial charge in [-0.1, -0.05) is 0 Å². The van der Waals surface area contributed by atoms with Crippen LogP contribution in [-0.2, 0) is 9.53 Å². The van der Waals surface area contributed by atoms with Gasteiger partial charge in [0.15, 0.2) is 0 Å². The predicted octanol–water partition coefficient (Wildman–Crippen LogP) is 1.03. The molecule has 2 fully saturated rings. The summed E-state index contributed by atoms with van der Waals surface area (Å²) in [6.45, 7) is 0. The number of Topliss-reactive ketones (excluding diaryl/α,β-unsaturated/α-hetero) is 1. The normalized spacial score (nSPS) is 41.0. The first-order chi connectivity index (χ1) is 10.0. The number of ether oxygens (including phenoxy) is 1. The van der Waals surface area contributed by atoms with Crippen LogP contribution in [0.3, 0.4) is 0 Å². The van der Waals surface area contributed by atoms with Crippen LogP contribution >= 0.6 is 0 Å². The third-order valence-corrected chi connectivity index (χ3v) is 5.17. The van der Waals surface area contributed by atoms with Crippen molar-refractivity contribution in [1.82, 2.24) is 0 Å². The molecule has 0 aromatic rings. The molecule has 5 nitrogen and oxygen atoms in total. The molecular weight excluding hydrogens is 272 g/mol. The van der Waals surface area contributed by atoms with E-state index >= 15 is 0 Å². The molecule has 0 radical (unpaired) electrons. The van der Waals surface area contributed by atoms with E-state index < -0.39 is 12.2 Å². The minimum Gasteiger partial charge on any atom is -0.393 e. The molecule has 2 saturated carbocycles. The Morgan fingerprint density at radius 3 is 2.48 bits per heavy atom. The molecule has 5 heteroatoms. The Bertz CT molecular complexity index is 346. The van der Waals surface area contributed by atoms with E-state index in [1.165, 1.54) is 0 Å². The van der Waals surface area contributed by atoms with Crippen LogP contribution in [0.15, 0.2) is 0 Å². The molecule has 0 aromatic heterocycles. The largest absolute Gasteiger partial charge is 0.393 e. The number of hydrogen-bond acceptors (Lipinski definition) is 5. The van der Waals surface area contributed by atoms with Crippen molar-refractivity contribution in [1.29, 1.82) is 0 Å². The van der Waals surface area contributed by atoms with Gasteiger partial charge >= 0.3 is 0 Å². The number of carbonyl (C=O) groups excluding carboxylic acids is 1. The van der Waals surface area contributed by atoms with E-state index in [1.54, 1.807) is 7.11 Å². The van der Waals surface area contributed by atoms with Crippen LogP contribution in [0, 0.1) is 11.8 Å². The molecule has 2 aliphatic rings. The average Bonchev–Trinajstić information content (AvgIpc) is 2.46. The molecule has 21 heavy (non-hydrogen) atoms. The van der Waals surface area contributed by atoms with E-state index in [1.807, 2.05) is 0 Å². The zero-order valence-electron chi connectivity index (χ0n) is 12.8. The smallest absolute Gasteiger partial charge is 0.138 e. The van der Waals surface area contributed by atoms with E-state index in [-0.39, 0.29) is 23.9 Å². The van der Waals surface area contributed by atoms with Crippen molar-refractivity contribution >= 4 is 5.78 Å². The van der Waals surface area contributed by atoms with Crippen LogP contribution in [0.1, 0.15) is 51.4 Å². The first-order valence-electron chi connectivity index (χ1n) is 8.11. The van der Waals surface area contributed by atoms with Gasteiger partial charge in [0.2, 0.25) is 0 Å². The number of aliphatic hydroxyl groups is 3. The molecule has 0 heterocycles. The molecule has 2 rings (SSSR count). The van der Waals surface area contributed by atoms with E-state index in [9.17, 15) is 20.1 Å². The number of rotatable bonds is 5. The van der Waals surface area contributed by atoms with Crippen molar-refractivity contribution in [2.45, 2.75) is 75.8 Å². The minimum atomic E-state index is -0.693. The Balaban J connectivity index is 1.76. The lowest BCUT2D eigenvalue weighted by Gasteiger charge is -2.33. The van der Waals surface area contributed by atoms with E-state index in [2.05, 4.69) is 0 Å². The van der Waals surface area contributed by atoms with Crippen LogP contribution in [0.5, 0.6) is 0 Å². The maximum absolute atomic E-state index is 12.3. The van der Waals surface area contributed by atoms with Gasteiger partial charge in [0, 0.05) is 19.4 Å². The summed E-state index contributed by atoms with van der Waals surface area (Å²) < 4.78 is 5.28. The third-order valence-electron chi connectivity index (χ3n) is 5.17. The summed E-state index contributed by atoms with van der Waals surface area (Å²) in [5.74, 6) is 0.226. The first kappa shape index (κ1) is 16.9. The number of hydrogen-bond donors (Lipinski definition) is 3. The topological polar surface area (TPSA) is 87.0 Å². The van der Waals surface area contributed by atoms with Crippen molar-refractivity contribution in [2.75, 3.05) is 7.11 Å². The summed E-state index contributed by atoms with van der Waals surface area (Å²) in [6.07, 6.45) is 3.60. The first-order valence-corrected chi connectivity index (χ1v) is 8.11. The number of aliphatic hydroxyl groups excluding tert-OH is 3. The zero-order chi connectivity index (χ0) is 15.4. The summed E-state index contributed by atoms with van der Waals surface area (Å²) in [5.41, 5.74) is 0. The molecule has 6 unspecified atom stereocenters. The van der Waals surface area contributed by atoms with Crippen molar-refractivity contribution in [3.8, 4) is 0 Å². The van der Waals surface area contributed by atoms with Gasteiger partial charge in [0.25, 0.3) is 0 Å². The van der Waals surface area contributed by atoms with E-state index in [4.69, 9.17) is 4.74 Å². The van der Waals surface area contributed by atoms with Gasteiger partial charge in [-0.15, -0.1) is 0 Å². The van der Waals surface area contributed by atoms with Gasteiger partial charge in [-0.3, -0.25) is 4.79 Å². The van der Waals surface area contributed by atoms with Crippen molar-refractivity contribution in [3.05, 3.63) is 0 Å². The Kier molecular flexibility index (Phi) is 6.17. The molecule has 0 bridgehead atoms. The van der Waals surface area contributed by atoms with Gasteiger partial charge < -0.3 is 20.1 Å². The van der Waals surface area contributed by atoms with E-state index in [0.29, 0.717) is 31.6 Å². The highest BCUT2D eigenvalue weighted by molar-refractivity contribution is 5.81. The lowest BCUT2D eigenvalue weighted by molar-refractivity contribution is -0.130. The van der Waals surface area contributed by atoms with Crippen LogP contribution in [0.2, 0.25) is 0 Å². The molecule has 0 aliphatic heterocycles. The second-order valence-electron chi connectivity index (χ2n) is 6.67. The third kappa shape index (κ3) is 4.49. The molecular formula is C16H28O5. The Hall–Kier alpha value is -0.490. The number of ketones is 1. The number of methoxy groups -OCH3 is 1. The molecule has 0 aromatic carbocycles. The lowest BCUT2D eigenvalue weighted by atomic mass is 9.78. The summed E-state index contributed by atoms with van der Waals surface area (Å²) in [6, 6.07) is 0. The minimum absolute atomic E-state index is 0.116. The molecule has 2 aliphatic carbocycles. The lowest BCUT2D eigenvalue weighted by Crippen LogP contribution is -2.37. The fourth-order valence-electron chi connectivity index (χ4n) is 3.74. The number of carbonyl (C=O) groups is 1. The second-order valence-corrected chi connectivity index (χ2v) is 6.67. The van der Waals surface area contributed by atoms with Gasteiger partial charge in [0.05, 0.1) is 24.4 Å².